The van der Waals surface area contributed by atoms with Crippen LogP contribution in [0.15, 0.2) is 58.3 Å². The number of aliphatic imine (C=N–C) groups is 1. The Morgan fingerprint density at radius 2 is 1.79 bits per heavy atom. The van der Waals surface area contributed by atoms with Crippen molar-refractivity contribution in [2.45, 2.75) is 43.6 Å². The first-order chi connectivity index (χ1) is 11.8. The zero-order valence-electron chi connectivity index (χ0n) is 13.7. The second-order valence-corrected chi connectivity index (χ2v) is 6.74. The molecule has 1 aromatic carbocycles. The first-order valence-corrected chi connectivity index (χ1v) is 8.74. The lowest BCUT2D eigenvalue weighted by atomic mass is 9.71. The molecule has 1 aliphatic heterocycles. The summed E-state index contributed by atoms with van der Waals surface area (Å²) in [5.41, 5.74) is 1.79. The number of H-pyrrole nitrogens is 1. The number of nitrogens with zero attached hydrogens (tertiary/aromatic N) is 1. The van der Waals surface area contributed by atoms with Crippen LogP contribution in [-0.2, 0) is 10.2 Å². The predicted molar refractivity (Wildman–Crippen MR) is 94.4 cm³/mol. The summed E-state index contributed by atoms with van der Waals surface area (Å²) in [5, 5.41) is 0. The smallest absolute Gasteiger partial charge is 0.248 e. The quantitative estimate of drug-likeness (QED) is 0.936. The number of nitrogens with one attached hydrogen (secondary N) is 1. The van der Waals surface area contributed by atoms with Gasteiger partial charge in [-0.1, -0.05) is 55.7 Å². The summed E-state index contributed by atoms with van der Waals surface area (Å²) < 4.78 is 6.09. The van der Waals surface area contributed by atoms with Crippen molar-refractivity contribution in [2.75, 3.05) is 6.61 Å². The minimum Gasteiger partial charge on any atom is -0.478 e. The number of benzene rings is 1. The van der Waals surface area contributed by atoms with Gasteiger partial charge in [0, 0.05) is 11.8 Å². The lowest BCUT2D eigenvalue weighted by molar-refractivity contribution is 0.259. The normalized spacial score (nSPS) is 22.7. The number of hydrogen-bond donors (Lipinski definition) is 1. The molecule has 4 heteroatoms. The van der Waals surface area contributed by atoms with Crippen LogP contribution in [-0.4, -0.2) is 17.5 Å². The fourth-order valence-electron chi connectivity index (χ4n) is 3.96. The van der Waals surface area contributed by atoms with Gasteiger partial charge in [-0.25, -0.2) is 4.99 Å². The molecule has 0 unspecified atom stereocenters. The van der Waals surface area contributed by atoms with Crippen LogP contribution in [0.5, 0.6) is 0 Å². The monoisotopic (exact) mass is 322 g/mol. The third kappa shape index (κ3) is 2.66. The van der Waals surface area contributed by atoms with Crippen molar-refractivity contribution in [1.82, 2.24) is 4.98 Å². The molecule has 1 aromatic heterocycles. The summed E-state index contributed by atoms with van der Waals surface area (Å²) in [6.07, 6.45) is 5.46. The van der Waals surface area contributed by atoms with E-state index in [1.165, 1.54) is 12.0 Å². The highest BCUT2D eigenvalue weighted by molar-refractivity contribution is 5.89. The molecule has 0 amide bonds. The van der Waals surface area contributed by atoms with Crippen LogP contribution in [0.2, 0.25) is 0 Å². The molecule has 2 heterocycles. The highest BCUT2D eigenvalue weighted by Crippen LogP contribution is 2.42. The molecule has 124 valence electrons. The lowest BCUT2D eigenvalue weighted by Crippen LogP contribution is -2.40. The van der Waals surface area contributed by atoms with Crippen molar-refractivity contribution >= 4 is 5.90 Å². The van der Waals surface area contributed by atoms with Crippen LogP contribution in [0.4, 0.5) is 0 Å². The first kappa shape index (κ1) is 15.2. The van der Waals surface area contributed by atoms with E-state index < -0.39 is 0 Å². The maximum atomic E-state index is 11.8. The van der Waals surface area contributed by atoms with Gasteiger partial charge >= 0.3 is 0 Å². The molecule has 1 N–H and O–H groups in total. The number of aromatic amines is 1. The van der Waals surface area contributed by atoms with Gasteiger partial charge in [-0.2, -0.15) is 0 Å². The molecule has 2 aromatic rings. The summed E-state index contributed by atoms with van der Waals surface area (Å²) in [6.45, 7) is 0.582. The minimum atomic E-state index is -0.276. The van der Waals surface area contributed by atoms with Gasteiger partial charge in [0.2, 0.25) is 5.56 Å². The first-order valence-electron chi connectivity index (χ1n) is 8.74. The molecular weight excluding hydrogens is 300 g/mol. The Morgan fingerprint density at radius 1 is 1.00 bits per heavy atom. The molecule has 1 saturated carbocycles. The molecule has 4 rings (SSSR count). The number of rotatable bonds is 3. The highest BCUT2D eigenvalue weighted by atomic mass is 16.5. The molecule has 2 aliphatic rings. The van der Waals surface area contributed by atoms with E-state index in [0.717, 1.165) is 37.3 Å². The lowest BCUT2D eigenvalue weighted by Gasteiger charge is -2.36. The summed E-state index contributed by atoms with van der Waals surface area (Å²) in [5.74, 6) is 0.804. The Morgan fingerprint density at radius 3 is 2.54 bits per heavy atom. The molecular formula is C20H22N2O2. The van der Waals surface area contributed by atoms with E-state index in [0.29, 0.717) is 6.61 Å². The van der Waals surface area contributed by atoms with E-state index in [-0.39, 0.29) is 17.0 Å². The number of hydrogen-bond acceptors (Lipinski definition) is 3. The van der Waals surface area contributed by atoms with Gasteiger partial charge < -0.3 is 9.72 Å². The van der Waals surface area contributed by atoms with Crippen molar-refractivity contribution in [3.8, 4) is 0 Å². The average molecular weight is 322 g/mol. The van der Waals surface area contributed by atoms with Gasteiger partial charge in [0.15, 0.2) is 5.90 Å². The molecule has 1 fully saturated rings. The zero-order chi connectivity index (χ0) is 16.4. The molecule has 0 saturated heterocycles. The van der Waals surface area contributed by atoms with Gasteiger partial charge in [-0.15, -0.1) is 0 Å². The number of pyridine rings is 1. The summed E-state index contributed by atoms with van der Waals surface area (Å²) in [6, 6.07) is 15.7. The SMILES string of the molecule is O=c1cccc(C2(C3=N[C@@H](c4ccccc4)CO3)CCCCC2)[nH]1. The Bertz CT molecular complexity index is 789. The summed E-state index contributed by atoms with van der Waals surface area (Å²) >= 11 is 0. The zero-order valence-corrected chi connectivity index (χ0v) is 13.7. The van der Waals surface area contributed by atoms with Crippen molar-refractivity contribution in [3.05, 3.63) is 70.1 Å². The van der Waals surface area contributed by atoms with Crippen LogP contribution in [0.3, 0.4) is 0 Å². The Hall–Kier alpha value is -2.36. The van der Waals surface area contributed by atoms with E-state index in [1.54, 1.807) is 6.07 Å². The van der Waals surface area contributed by atoms with Crippen LogP contribution < -0.4 is 5.56 Å². The fourth-order valence-corrected chi connectivity index (χ4v) is 3.96. The fraction of sp³-hybridized carbons (Fsp3) is 0.400. The van der Waals surface area contributed by atoms with Gasteiger partial charge in [-0.05, 0) is 24.5 Å². The topological polar surface area (TPSA) is 54.4 Å². The van der Waals surface area contributed by atoms with E-state index in [1.807, 2.05) is 30.3 Å². The average Bonchev–Trinajstić information content (AvgIpc) is 3.14. The van der Waals surface area contributed by atoms with Crippen molar-refractivity contribution in [1.29, 1.82) is 0 Å². The van der Waals surface area contributed by atoms with Crippen molar-refractivity contribution in [3.63, 3.8) is 0 Å². The van der Waals surface area contributed by atoms with E-state index in [4.69, 9.17) is 9.73 Å². The number of aromatic nitrogens is 1. The van der Waals surface area contributed by atoms with E-state index in [9.17, 15) is 4.79 Å². The van der Waals surface area contributed by atoms with Gasteiger partial charge in [-0.3, -0.25) is 4.79 Å². The molecule has 0 spiro atoms. The molecule has 1 aliphatic carbocycles. The van der Waals surface area contributed by atoms with Crippen molar-refractivity contribution < 1.29 is 4.74 Å². The second kappa shape index (κ2) is 6.27. The number of ether oxygens (including phenoxy) is 1. The Labute approximate surface area is 141 Å². The molecule has 24 heavy (non-hydrogen) atoms. The van der Waals surface area contributed by atoms with Crippen LogP contribution >= 0.6 is 0 Å². The van der Waals surface area contributed by atoms with Gasteiger partial charge in [0.25, 0.3) is 0 Å². The largest absolute Gasteiger partial charge is 0.478 e. The second-order valence-electron chi connectivity index (χ2n) is 6.74. The third-order valence-electron chi connectivity index (χ3n) is 5.24. The van der Waals surface area contributed by atoms with Gasteiger partial charge in [0.1, 0.15) is 12.6 Å². The Kier molecular flexibility index (Phi) is 3.97. The standard InChI is InChI=1S/C20H22N2O2/c23-18-11-7-10-17(22-18)20(12-5-2-6-13-20)19-21-16(14-24-19)15-8-3-1-4-9-15/h1,3-4,7-11,16H,2,5-6,12-14H2,(H,22,23)/t16-/m1/s1. The Balaban J connectivity index is 1.74. The third-order valence-corrected chi connectivity index (χ3v) is 5.24. The van der Waals surface area contributed by atoms with Gasteiger partial charge in [0.05, 0.1) is 5.41 Å². The summed E-state index contributed by atoms with van der Waals surface area (Å²) in [7, 11) is 0. The van der Waals surface area contributed by atoms with Crippen LogP contribution in [0, 0.1) is 0 Å². The van der Waals surface area contributed by atoms with E-state index in [2.05, 4.69) is 17.1 Å². The molecule has 0 bridgehead atoms. The molecule has 1 atom stereocenters. The molecule has 0 radical (unpaired) electrons. The van der Waals surface area contributed by atoms with Crippen molar-refractivity contribution in [2.24, 2.45) is 4.99 Å². The summed E-state index contributed by atoms with van der Waals surface area (Å²) in [4.78, 5) is 19.8. The predicted octanol–water partition coefficient (Wildman–Crippen LogP) is 3.75. The minimum absolute atomic E-state index is 0.0513. The van der Waals surface area contributed by atoms with Crippen LogP contribution in [0.1, 0.15) is 49.4 Å². The maximum Gasteiger partial charge on any atom is 0.248 e. The molecule has 4 nitrogen and oxygen atoms in total. The van der Waals surface area contributed by atoms with E-state index >= 15 is 0 Å². The highest BCUT2D eigenvalue weighted by Gasteiger charge is 2.44. The maximum absolute atomic E-state index is 11.8. The van der Waals surface area contributed by atoms with Crippen LogP contribution in [0.25, 0.3) is 0 Å².